The van der Waals surface area contributed by atoms with Gasteiger partial charge in [0.2, 0.25) is 0 Å². The molecule has 0 saturated carbocycles. The fraction of sp³-hybridized carbons (Fsp3) is 0.133. The lowest BCUT2D eigenvalue weighted by Crippen LogP contribution is -2.26. The molecule has 0 aliphatic carbocycles. The Kier molecular flexibility index (Phi) is 5.08. The Labute approximate surface area is 136 Å². The highest BCUT2D eigenvalue weighted by Gasteiger charge is 2.12. The minimum Gasteiger partial charge on any atom is -0.337 e. The normalized spacial score (nSPS) is 10.4. The number of benzene rings is 2. The summed E-state index contributed by atoms with van der Waals surface area (Å²) in [6.45, 7) is 0.478. The summed E-state index contributed by atoms with van der Waals surface area (Å²) in [6.07, 6.45) is 0. The van der Waals surface area contributed by atoms with Crippen LogP contribution in [-0.2, 0) is 6.54 Å². The molecule has 104 valence electrons. The smallest absolute Gasteiger partial charge is 0.253 e. The van der Waals surface area contributed by atoms with E-state index in [4.69, 9.17) is 23.2 Å². The van der Waals surface area contributed by atoms with Crippen LogP contribution in [0.5, 0.6) is 0 Å². The highest BCUT2D eigenvalue weighted by molar-refractivity contribution is 9.10. The van der Waals surface area contributed by atoms with Gasteiger partial charge in [-0.25, -0.2) is 0 Å². The van der Waals surface area contributed by atoms with Crippen molar-refractivity contribution in [2.24, 2.45) is 0 Å². The summed E-state index contributed by atoms with van der Waals surface area (Å²) in [4.78, 5) is 13.9. The van der Waals surface area contributed by atoms with Crippen LogP contribution in [0.4, 0.5) is 0 Å². The first-order chi connectivity index (χ1) is 9.47. The minimum absolute atomic E-state index is 0.0384. The number of carbonyl (C=O) groups is 1. The number of hydrogen-bond acceptors (Lipinski definition) is 1. The van der Waals surface area contributed by atoms with E-state index in [1.807, 2.05) is 18.2 Å². The van der Waals surface area contributed by atoms with Crippen molar-refractivity contribution in [3.05, 3.63) is 68.1 Å². The molecule has 0 saturated heterocycles. The second-order valence-corrected chi connectivity index (χ2v) is 6.15. The number of hydrogen-bond donors (Lipinski definition) is 0. The third-order valence-electron chi connectivity index (χ3n) is 2.84. The van der Waals surface area contributed by atoms with Gasteiger partial charge in [-0.05, 0) is 42.0 Å². The molecule has 2 aromatic carbocycles. The van der Waals surface area contributed by atoms with Crippen molar-refractivity contribution in [2.75, 3.05) is 7.05 Å². The van der Waals surface area contributed by atoms with Gasteiger partial charge in [0.1, 0.15) is 0 Å². The minimum atomic E-state index is -0.0384. The van der Waals surface area contributed by atoms with Crippen LogP contribution in [0.2, 0.25) is 10.0 Å². The van der Waals surface area contributed by atoms with E-state index < -0.39 is 0 Å². The molecule has 2 rings (SSSR count). The largest absolute Gasteiger partial charge is 0.337 e. The second kappa shape index (κ2) is 6.61. The van der Waals surface area contributed by atoms with Gasteiger partial charge in [-0.1, -0.05) is 45.2 Å². The lowest BCUT2D eigenvalue weighted by atomic mass is 10.1. The van der Waals surface area contributed by atoms with Gasteiger partial charge < -0.3 is 4.90 Å². The van der Waals surface area contributed by atoms with Crippen LogP contribution < -0.4 is 0 Å². The van der Waals surface area contributed by atoms with Crippen molar-refractivity contribution in [3.63, 3.8) is 0 Å². The highest BCUT2D eigenvalue weighted by atomic mass is 79.9. The molecule has 0 radical (unpaired) electrons. The fourth-order valence-corrected chi connectivity index (χ4v) is 2.38. The van der Waals surface area contributed by atoms with Crippen molar-refractivity contribution in [1.29, 1.82) is 0 Å². The topological polar surface area (TPSA) is 20.3 Å². The van der Waals surface area contributed by atoms with Crippen LogP contribution >= 0.6 is 39.1 Å². The molecule has 0 bridgehead atoms. The second-order valence-electron chi connectivity index (χ2n) is 4.42. The van der Waals surface area contributed by atoms with E-state index in [0.29, 0.717) is 22.2 Å². The lowest BCUT2D eigenvalue weighted by Gasteiger charge is -2.17. The molecular weight excluding hydrogens is 361 g/mol. The molecule has 0 unspecified atom stereocenters. The summed E-state index contributed by atoms with van der Waals surface area (Å²) in [7, 11) is 1.76. The quantitative estimate of drug-likeness (QED) is 0.739. The van der Waals surface area contributed by atoms with Crippen LogP contribution in [0.3, 0.4) is 0 Å². The standard InChI is InChI=1S/C15H12BrCl2NO/c1-19(9-10-2-7-13(17)14(18)8-10)15(20)11-3-5-12(16)6-4-11/h2-8H,9H2,1H3. The highest BCUT2D eigenvalue weighted by Crippen LogP contribution is 2.23. The first-order valence-corrected chi connectivity index (χ1v) is 7.47. The zero-order chi connectivity index (χ0) is 14.7. The third kappa shape index (κ3) is 3.75. The van der Waals surface area contributed by atoms with Crippen molar-refractivity contribution >= 4 is 45.0 Å². The number of carbonyl (C=O) groups excluding carboxylic acids is 1. The van der Waals surface area contributed by atoms with Gasteiger partial charge >= 0.3 is 0 Å². The van der Waals surface area contributed by atoms with E-state index in [0.717, 1.165) is 10.0 Å². The predicted molar refractivity (Wildman–Crippen MR) is 86.4 cm³/mol. The molecule has 0 atom stereocenters. The van der Waals surface area contributed by atoms with E-state index in [-0.39, 0.29) is 5.91 Å². The van der Waals surface area contributed by atoms with E-state index in [1.54, 1.807) is 36.2 Å². The summed E-state index contributed by atoms with van der Waals surface area (Å²) in [5.74, 6) is -0.0384. The zero-order valence-corrected chi connectivity index (χ0v) is 13.8. The number of amides is 1. The predicted octanol–water partition coefficient (Wildman–Crippen LogP) is 5.03. The average Bonchev–Trinajstić information content (AvgIpc) is 2.43. The first kappa shape index (κ1) is 15.4. The molecule has 5 heteroatoms. The molecular formula is C15H12BrCl2NO. The maximum Gasteiger partial charge on any atom is 0.253 e. The third-order valence-corrected chi connectivity index (χ3v) is 4.11. The van der Waals surface area contributed by atoms with Crippen LogP contribution in [0, 0.1) is 0 Å². The molecule has 0 aliphatic rings. The molecule has 0 aromatic heterocycles. The summed E-state index contributed by atoms with van der Waals surface area (Å²) in [6, 6.07) is 12.6. The Morgan fingerprint density at radius 3 is 2.35 bits per heavy atom. The molecule has 0 fully saturated rings. The molecule has 2 aromatic rings. The van der Waals surface area contributed by atoms with Gasteiger partial charge in [0.15, 0.2) is 0 Å². The first-order valence-electron chi connectivity index (χ1n) is 5.92. The number of nitrogens with zero attached hydrogens (tertiary/aromatic N) is 1. The molecule has 20 heavy (non-hydrogen) atoms. The summed E-state index contributed by atoms with van der Waals surface area (Å²) >= 11 is 15.2. The molecule has 2 nitrogen and oxygen atoms in total. The van der Waals surface area contributed by atoms with Crippen molar-refractivity contribution in [3.8, 4) is 0 Å². The van der Waals surface area contributed by atoms with Crippen LogP contribution in [0.25, 0.3) is 0 Å². The van der Waals surface area contributed by atoms with Crippen LogP contribution in [0.1, 0.15) is 15.9 Å². The van der Waals surface area contributed by atoms with E-state index in [1.165, 1.54) is 0 Å². The summed E-state index contributed by atoms with van der Waals surface area (Å²) in [5, 5.41) is 1.01. The molecule has 0 spiro atoms. The Morgan fingerprint density at radius 2 is 1.75 bits per heavy atom. The Balaban J connectivity index is 2.11. The van der Waals surface area contributed by atoms with Crippen LogP contribution in [0.15, 0.2) is 46.9 Å². The monoisotopic (exact) mass is 371 g/mol. The van der Waals surface area contributed by atoms with E-state index >= 15 is 0 Å². The Bertz CT molecular complexity index is 628. The van der Waals surface area contributed by atoms with Gasteiger partial charge in [-0.2, -0.15) is 0 Å². The van der Waals surface area contributed by atoms with Crippen molar-refractivity contribution < 1.29 is 4.79 Å². The average molecular weight is 373 g/mol. The SMILES string of the molecule is CN(Cc1ccc(Cl)c(Cl)c1)C(=O)c1ccc(Br)cc1. The molecule has 0 N–H and O–H groups in total. The Morgan fingerprint density at radius 1 is 1.10 bits per heavy atom. The molecule has 0 heterocycles. The van der Waals surface area contributed by atoms with Gasteiger partial charge in [-0.3, -0.25) is 4.79 Å². The molecule has 0 aliphatic heterocycles. The lowest BCUT2D eigenvalue weighted by molar-refractivity contribution is 0.0785. The maximum absolute atomic E-state index is 12.3. The number of rotatable bonds is 3. The molecule has 1 amide bonds. The number of halogens is 3. The van der Waals surface area contributed by atoms with Crippen molar-refractivity contribution in [2.45, 2.75) is 6.54 Å². The Hall–Kier alpha value is -1.03. The van der Waals surface area contributed by atoms with E-state index in [9.17, 15) is 4.79 Å². The van der Waals surface area contributed by atoms with Gasteiger partial charge in [-0.15, -0.1) is 0 Å². The van der Waals surface area contributed by atoms with Gasteiger partial charge in [0.05, 0.1) is 10.0 Å². The maximum atomic E-state index is 12.3. The summed E-state index contributed by atoms with van der Waals surface area (Å²) < 4.78 is 0.946. The van der Waals surface area contributed by atoms with E-state index in [2.05, 4.69) is 15.9 Å². The van der Waals surface area contributed by atoms with Crippen LogP contribution in [-0.4, -0.2) is 17.9 Å². The zero-order valence-electron chi connectivity index (χ0n) is 10.7. The van der Waals surface area contributed by atoms with Gasteiger partial charge in [0, 0.05) is 23.6 Å². The van der Waals surface area contributed by atoms with Gasteiger partial charge in [0.25, 0.3) is 5.91 Å². The fourth-order valence-electron chi connectivity index (χ4n) is 1.80. The summed E-state index contributed by atoms with van der Waals surface area (Å²) in [5.41, 5.74) is 1.59. The van der Waals surface area contributed by atoms with Crippen molar-refractivity contribution in [1.82, 2.24) is 4.90 Å².